The van der Waals surface area contributed by atoms with E-state index in [2.05, 4.69) is 42.5 Å². The SMILES string of the molecule is CCc1c(C)nn(CC(=O)NCc2nc(-c3cnccn3)n[nH]2)c1C. The lowest BCUT2D eigenvalue weighted by atomic mass is 10.1. The molecule has 0 bridgehead atoms. The van der Waals surface area contributed by atoms with E-state index in [1.807, 2.05) is 13.8 Å². The van der Waals surface area contributed by atoms with E-state index in [9.17, 15) is 4.79 Å². The summed E-state index contributed by atoms with van der Waals surface area (Å²) in [5, 5.41) is 14.1. The summed E-state index contributed by atoms with van der Waals surface area (Å²) in [6.07, 6.45) is 5.65. The summed E-state index contributed by atoms with van der Waals surface area (Å²) in [5.74, 6) is 0.866. The molecule has 3 aromatic heterocycles. The van der Waals surface area contributed by atoms with Crippen LogP contribution in [0.3, 0.4) is 0 Å². The monoisotopic (exact) mass is 340 g/mol. The van der Waals surface area contributed by atoms with Crippen LogP contribution in [0, 0.1) is 13.8 Å². The Labute approximate surface area is 144 Å². The number of nitrogens with zero attached hydrogens (tertiary/aromatic N) is 6. The van der Waals surface area contributed by atoms with E-state index in [0.717, 1.165) is 17.8 Å². The van der Waals surface area contributed by atoms with Gasteiger partial charge in [0.25, 0.3) is 0 Å². The number of aromatic amines is 1. The largest absolute Gasteiger partial charge is 0.347 e. The Bertz CT molecular complexity index is 868. The van der Waals surface area contributed by atoms with Gasteiger partial charge in [0.1, 0.15) is 18.1 Å². The summed E-state index contributed by atoms with van der Waals surface area (Å²) >= 11 is 0. The normalized spacial score (nSPS) is 10.8. The van der Waals surface area contributed by atoms with E-state index in [1.54, 1.807) is 23.3 Å². The first-order valence-electron chi connectivity index (χ1n) is 8.05. The molecule has 3 heterocycles. The fourth-order valence-corrected chi connectivity index (χ4v) is 2.68. The zero-order chi connectivity index (χ0) is 17.8. The molecule has 0 radical (unpaired) electrons. The number of carbonyl (C=O) groups excluding carboxylic acids is 1. The molecule has 0 fully saturated rings. The van der Waals surface area contributed by atoms with Crippen LogP contribution in [0.4, 0.5) is 0 Å². The summed E-state index contributed by atoms with van der Waals surface area (Å²) in [7, 11) is 0. The lowest BCUT2D eigenvalue weighted by Crippen LogP contribution is -2.28. The number of hydrogen-bond acceptors (Lipinski definition) is 6. The topological polar surface area (TPSA) is 114 Å². The van der Waals surface area contributed by atoms with Crippen LogP contribution >= 0.6 is 0 Å². The third-order valence-corrected chi connectivity index (χ3v) is 3.96. The lowest BCUT2D eigenvalue weighted by Gasteiger charge is -2.05. The fraction of sp³-hybridized carbons (Fsp3) is 0.375. The van der Waals surface area contributed by atoms with E-state index in [4.69, 9.17) is 0 Å². The summed E-state index contributed by atoms with van der Waals surface area (Å²) in [4.78, 5) is 24.6. The molecule has 0 saturated carbocycles. The first-order chi connectivity index (χ1) is 12.1. The second-order valence-electron chi connectivity index (χ2n) is 5.63. The number of amides is 1. The summed E-state index contributed by atoms with van der Waals surface area (Å²) < 4.78 is 1.73. The highest BCUT2D eigenvalue weighted by atomic mass is 16.2. The maximum atomic E-state index is 12.2. The molecule has 1 amide bonds. The third-order valence-electron chi connectivity index (χ3n) is 3.96. The molecule has 0 aliphatic rings. The van der Waals surface area contributed by atoms with Gasteiger partial charge in [0.2, 0.25) is 11.7 Å². The molecule has 0 aliphatic heterocycles. The molecule has 0 atom stereocenters. The molecule has 3 aromatic rings. The third kappa shape index (κ3) is 3.70. The van der Waals surface area contributed by atoms with Gasteiger partial charge in [0.15, 0.2) is 0 Å². The van der Waals surface area contributed by atoms with Gasteiger partial charge in [-0.1, -0.05) is 6.92 Å². The first-order valence-corrected chi connectivity index (χ1v) is 8.05. The maximum Gasteiger partial charge on any atom is 0.242 e. The van der Waals surface area contributed by atoms with Gasteiger partial charge in [-0.05, 0) is 25.8 Å². The van der Waals surface area contributed by atoms with Crippen LogP contribution in [0.15, 0.2) is 18.6 Å². The highest BCUT2D eigenvalue weighted by Crippen LogP contribution is 2.13. The van der Waals surface area contributed by atoms with Crippen LogP contribution in [0.5, 0.6) is 0 Å². The van der Waals surface area contributed by atoms with Crippen molar-refractivity contribution in [3.8, 4) is 11.5 Å². The minimum Gasteiger partial charge on any atom is -0.347 e. The fourth-order valence-electron chi connectivity index (χ4n) is 2.68. The number of H-pyrrole nitrogens is 1. The first kappa shape index (κ1) is 16.7. The number of nitrogens with one attached hydrogen (secondary N) is 2. The summed E-state index contributed by atoms with van der Waals surface area (Å²) in [6, 6.07) is 0. The molecule has 0 aliphatic carbocycles. The van der Waals surface area contributed by atoms with Crippen molar-refractivity contribution in [3.05, 3.63) is 41.4 Å². The van der Waals surface area contributed by atoms with Crippen molar-refractivity contribution < 1.29 is 4.79 Å². The van der Waals surface area contributed by atoms with E-state index in [0.29, 0.717) is 17.3 Å². The van der Waals surface area contributed by atoms with Crippen molar-refractivity contribution in [1.82, 2.24) is 40.2 Å². The molecule has 0 aromatic carbocycles. The number of carbonyl (C=O) groups is 1. The van der Waals surface area contributed by atoms with Crippen LogP contribution in [0.1, 0.15) is 29.7 Å². The van der Waals surface area contributed by atoms with Crippen molar-refractivity contribution in [2.75, 3.05) is 0 Å². The van der Waals surface area contributed by atoms with E-state index < -0.39 is 0 Å². The van der Waals surface area contributed by atoms with Crippen molar-refractivity contribution in [3.63, 3.8) is 0 Å². The molecule has 9 heteroatoms. The van der Waals surface area contributed by atoms with Gasteiger partial charge in [-0.2, -0.15) is 10.2 Å². The lowest BCUT2D eigenvalue weighted by molar-refractivity contribution is -0.122. The molecule has 9 nitrogen and oxygen atoms in total. The second-order valence-corrected chi connectivity index (χ2v) is 5.63. The quantitative estimate of drug-likeness (QED) is 0.690. The van der Waals surface area contributed by atoms with Gasteiger partial charge in [-0.3, -0.25) is 19.6 Å². The van der Waals surface area contributed by atoms with Gasteiger partial charge in [0.05, 0.1) is 18.4 Å². The second kappa shape index (κ2) is 7.20. The predicted octanol–water partition coefficient (Wildman–Crippen LogP) is 0.954. The molecule has 0 saturated heterocycles. The molecule has 0 spiro atoms. The van der Waals surface area contributed by atoms with Crippen LogP contribution in [0.2, 0.25) is 0 Å². The molecule has 3 rings (SSSR count). The molecule has 2 N–H and O–H groups in total. The molecule has 0 unspecified atom stereocenters. The Balaban J connectivity index is 1.59. The van der Waals surface area contributed by atoms with Gasteiger partial charge in [0, 0.05) is 18.1 Å². The zero-order valence-electron chi connectivity index (χ0n) is 14.4. The standard InChI is InChI=1S/C16H20N8O/c1-4-12-10(2)23-24(11(12)3)9-15(25)19-8-14-20-16(22-21-14)13-7-17-5-6-18-13/h5-7H,4,8-9H2,1-3H3,(H,19,25)(H,20,21,22). The minimum atomic E-state index is -0.134. The van der Waals surface area contributed by atoms with Gasteiger partial charge < -0.3 is 5.32 Å². The Morgan fingerprint density at radius 2 is 2.16 bits per heavy atom. The van der Waals surface area contributed by atoms with Crippen LogP contribution in [0.25, 0.3) is 11.5 Å². The maximum absolute atomic E-state index is 12.2. The molecular formula is C16H20N8O. The van der Waals surface area contributed by atoms with E-state index in [-0.39, 0.29) is 19.0 Å². The van der Waals surface area contributed by atoms with Gasteiger partial charge in [-0.25, -0.2) is 9.97 Å². The Hall–Kier alpha value is -3.10. The Morgan fingerprint density at radius 1 is 1.32 bits per heavy atom. The highest BCUT2D eigenvalue weighted by Gasteiger charge is 2.13. The molecule has 130 valence electrons. The molecular weight excluding hydrogens is 320 g/mol. The average molecular weight is 340 g/mol. The highest BCUT2D eigenvalue weighted by molar-refractivity contribution is 5.75. The average Bonchev–Trinajstić information content (AvgIpc) is 3.19. The number of hydrogen-bond donors (Lipinski definition) is 2. The van der Waals surface area contributed by atoms with Crippen LogP contribution in [-0.2, 0) is 24.3 Å². The van der Waals surface area contributed by atoms with Crippen molar-refractivity contribution >= 4 is 5.91 Å². The van der Waals surface area contributed by atoms with Gasteiger partial charge >= 0.3 is 0 Å². The Morgan fingerprint density at radius 3 is 2.84 bits per heavy atom. The van der Waals surface area contributed by atoms with Crippen LogP contribution in [-0.4, -0.2) is 40.8 Å². The number of aryl methyl sites for hydroxylation is 1. The van der Waals surface area contributed by atoms with Crippen molar-refractivity contribution in [2.45, 2.75) is 40.3 Å². The molecule has 25 heavy (non-hydrogen) atoms. The van der Waals surface area contributed by atoms with E-state index >= 15 is 0 Å². The van der Waals surface area contributed by atoms with Gasteiger partial charge in [-0.15, -0.1) is 0 Å². The summed E-state index contributed by atoms with van der Waals surface area (Å²) in [5.41, 5.74) is 3.76. The number of rotatable bonds is 6. The smallest absolute Gasteiger partial charge is 0.242 e. The predicted molar refractivity (Wildman–Crippen MR) is 90.3 cm³/mol. The van der Waals surface area contributed by atoms with Crippen molar-refractivity contribution in [1.29, 1.82) is 0 Å². The van der Waals surface area contributed by atoms with Crippen LogP contribution < -0.4 is 5.32 Å². The summed E-state index contributed by atoms with van der Waals surface area (Å²) in [6.45, 7) is 6.46. The van der Waals surface area contributed by atoms with Crippen molar-refractivity contribution in [2.24, 2.45) is 0 Å². The Kier molecular flexibility index (Phi) is 4.82. The van der Waals surface area contributed by atoms with E-state index in [1.165, 1.54) is 5.56 Å². The zero-order valence-corrected chi connectivity index (χ0v) is 14.4. The number of aromatic nitrogens is 7. The minimum absolute atomic E-state index is 0.134.